The van der Waals surface area contributed by atoms with Crippen molar-refractivity contribution < 1.29 is 14.7 Å². The van der Waals surface area contributed by atoms with E-state index in [0.29, 0.717) is 5.56 Å². The number of carbonyl (C=O) groups excluding carboxylic acids is 2. The summed E-state index contributed by atoms with van der Waals surface area (Å²) in [6, 6.07) is 16.6. The van der Waals surface area contributed by atoms with E-state index in [1.165, 1.54) is 0 Å². The van der Waals surface area contributed by atoms with Crippen molar-refractivity contribution in [2.24, 2.45) is 0 Å². The third-order valence-corrected chi connectivity index (χ3v) is 2.62. The lowest BCUT2D eigenvalue weighted by Crippen LogP contribution is -2.22. The van der Waals surface area contributed by atoms with Gasteiger partial charge in [-0.1, -0.05) is 60.7 Å². The summed E-state index contributed by atoms with van der Waals surface area (Å²) in [5.41, 5.74) is 0.712. The van der Waals surface area contributed by atoms with Crippen LogP contribution < -0.4 is 0 Å². The zero-order valence-electron chi connectivity index (χ0n) is 9.61. The first-order valence-corrected chi connectivity index (χ1v) is 5.57. The lowest BCUT2D eigenvalue weighted by molar-refractivity contribution is -0.122. The fourth-order valence-electron chi connectivity index (χ4n) is 1.64. The Kier molecular flexibility index (Phi) is 3.65. The lowest BCUT2D eigenvalue weighted by atomic mass is 9.99. The van der Waals surface area contributed by atoms with Crippen molar-refractivity contribution in [1.82, 2.24) is 0 Å². The largest absolute Gasteiger partial charge is 0.380 e. The molecule has 3 nitrogen and oxygen atoms in total. The number of hydrogen-bond acceptors (Lipinski definition) is 3. The van der Waals surface area contributed by atoms with E-state index < -0.39 is 17.7 Å². The van der Waals surface area contributed by atoms with Gasteiger partial charge in [0, 0.05) is 5.56 Å². The summed E-state index contributed by atoms with van der Waals surface area (Å²) in [6.07, 6.45) is -1.40. The number of Topliss-reactive ketones (excluding diaryl/α,β-unsaturated/α-hetero) is 2. The molecule has 0 aromatic heterocycles. The van der Waals surface area contributed by atoms with Crippen LogP contribution in [-0.2, 0) is 4.79 Å². The van der Waals surface area contributed by atoms with Gasteiger partial charge in [-0.3, -0.25) is 9.59 Å². The van der Waals surface area contributed by atoms with E-state index in [1.54, 1.807) is 60.7 Å². The molecule has 0 radical (unpaired) electrons. The average molecular weight is 240 g/mol. The predicted octanol–water partition coefficient (Wildman–Crippen LogP) is 2.17. The first kappa shape index (κ1) is 12.2. The maximum Gasteiger partial charge on any atom is 0.236 e. The topological polar surface area (TPSA) is 54.4 Å². The van der Waals surface area contributed by atoms with Crippen LogP contribution in [0.3, 0.4) is 0 Å². The second kappa shape index (κ2) is 5.38. The summed E-state index contributed by atoms with van der Waals surface area (Å²) in [5, 5.41) is 9.85. The highest BCUT2D eigenvalue weighted by atomic mass is 16.3. The van der Waals surface area contributed by atoms with E-state index in [2.05, 4.69) is 0 Å². The molecule has 0 aliphatic rings. The average Bonchev–Trinajstić information content (AvgIpc) is 2.47. The van der Waals surface area contributed by atoms with Crippen molar-refractivity contribution in [3.63, 3.8) is 0 Å². The Hall–Kier alpha value is -2.26. The van der Waals surface area contributed by atoms with E-state index >= 15 is 0 Å². The summed E-state index contributed by atoms with van der Waals surface area (Å²) in [4.78, 5) is 23.7. The molecule has 0 spiro atoms. The summed E-state index contributed by atoms with van der Waals surface area (Å²) >= 11 is 0. The van der Waals surface area contributed by atoms with E-state index in [0.717, 1.165) is 0 Å². The minimum absolute atomic E-state index is 0.289. The highest BCUT2D eigenvalue weighted by Gasteiger charge is 2.25. The molecular weight excluding hydrogens is 228 g/mol. The first-order chi connectivity index (χ1) is 8.70. The van der Waals surface area contributed by atoms with E-state index in [4.69, 9.17) is 0 Å². The Balaban J connectivity index is 2.20. The molecule has 0 saturated carbocycles. The van der Waals surface area contributed by atoms with Crippen LogP contribution in [0.2, 0.25) is 0 Å². The van der Waals surface area contributed by atoms with Gasteiger partial charge in [-0.25, -0.2) is 0 Å². The molecule has 1 unspecified atom stereocenters. The van der Waals surface area contributed by atoms with Crippen LogP contribution in [0.5, 0.6) is 0 Å². The number of rotatable bonds is 4. The third kappa shape index (κ3) is 2.52. The summed E-state index contributed by atoms with van der Waals surface area (Å²) in [7, 11) is 0. The van der Waals surface area contributed by atoms with E-state index in [-0.39, 0.29) is 5.56 Å². The molecule has 0 heterocycles. The van der Waals surface area contributed by atoms with Crippen molar-refractivity contribution in [1.29, 1.82) is 0 Å². The number of hydrogen-bond donors (Lipinski definition) is 1. The Labute approximate surface area is 105 Å². The van der Waals surface area contributed by atoms with Gasteiger partial charge >= 0.3 is 0 Å². The molecule has 2 rings (SSSR count). The van der Waals surface area contributed by atoms with Crippen LogP contribution in [0.4, 0.5) is 0 Å². The van der Waals surface area contributed by atoms with Gasteiger partial charge in [0.25, 0.3) is 0 Å². The molecule has 0 bridgehead atoms. The normalized spacial score (nSPS) is 11.8. The van der Waals surface area contributed by atoms with Crippen molar-refractivity contribution in [3.05, 3.63) is 71.8 Å². The van der Waals surface area contributed by atoms with Gasteiger partial charge in [0.1, 0.15) is 6.10 Å². The van der Waals surface area contributed by atoms with Crippen LogP contribution >= 0.6 is 0 Å². The molecule has 1 N–H and O–H groups in total. The minimum Gasteiger partial charge on any atom is -0.380 e. The van der Waals surface area contributed by atoms with Gasteiger partial charge < -0.3 is 5.11 Å². The monoisotopic (exact) mass is 240 g/mol. The molecule has 2 aromatic rings. The zero-order valence-corrected chi connectivity index (χ0v) is 9.61. The van der Waals surface area contributed by atoms with E-state index in [9.17, 15) is 14.7 Å². The number of carbonyl (C=O) groups is 2. The molecule has 0 saturated heterocycles. The van der Waals surface area contributed by atoms with Gasteiger partial charge in [0.05, 0.1) is 0 Å². The molecule has 0 aliphatic heterocycles. The summed E-state index contributed by atoms with van der Waals surface area (Å²) in [5.74, 6) is -1.49. The fourth-order valence-corrected chi connectivity index (χ4v) is 1.64. The molecule has 1 atom stereocenters. The number of aliphatic hydroxyl groups excluding tert-OH is 1. The molecule has 2 aromatic carbocycles. The Bertz CT molecular complexity index is 546. The van der Waals surface area contributed by atoms with Crippen molar-refractivity contribution in [2.75, 3.05) is 0 Å². The van der Waals surface area contributed by atoms with Gasteiger partial charge in [-0.2, -0.15) is 0 Å². The maximum atomic E-state index is 11.8. The van der Waals surface area contributed by atoms with E-state index in [1.807, 2.05) is 0 Å². The smallest absolute Gasteiger partial charge is 0.236 e. The predicted molar refractivity (Wildman–Crippen MR) is 67.2 cm³/mol. The molecule has 18 heavy (non-hydrogen) atoms. The lowest BCUT2D eigenvalue weighted by Gasteiger charge is -2.08. The SMILES string of the molecule is O=C(C(=O)C(O)c1ccccc1)c1ccccc1. The van der Waals surface area contributed by atoms with Gasteiger partial charge in [0.2, 0.25) is 11.6 Å². The van der Waals surface area contributed by atoms with Crippen LogP contribution in [0.1, 0.15) is 22.0 Å². The molecule has 90 valence electrons. The highest BCUT2D eigenvalue weighted by Crippen LogP contribution is 2.15. The van der Waals surface area contributed by atoms with Crippen LogP contribution in [0.15, 0.2) is 60.7 Å². The summed E-state index contributed by atoms with van der Waals surface area (Å²) in [6.45, 7) is 0. The maximum absolute atomic E-state index is 11.8. The fraction of sp³-hybridized carbons (Fsp3) is 0.0667. The van der Waals surface area contributed by atoms with Crippen LogP contribution in [0, 0.1) is 0 Å². The zero-order chi connectivity index (χ0) is 13.0. The van der Waals surface area contributed by atoms with Crippen molar-refractivity contribution in [3.8, 4) is 0 Å². The molecule has 0 aliphatic carbocycles. The van der Waals surface area contributed by atoms with Crippen molar-refractivity contribution in [2.45, 2.75) is 6.10 Å². The Morgan fingerprint density at radius 3 is 1.89 bits per heavy atom. The molecular formula is C15H12O3. The first-order valence-electron chi connectivity index (χ1n) is 5.57. The second-order valence-corrected chi connectivity index (χ2v) is 3.87. The van der Waals surface area contributed by atoms with Crippen LogP contribution in [-0.4, -0.2) is 16.7 Å². The Morgan fingerprint density at radius 1 is 0.833 bits per heavy atom. The van der Waals surface area contributed by atoms with Crippen molar-refractivity contribution >= 4 is 11.6 Å². The highest BCUT2D eigenvalue weighted by molar-refractivity contribution is 6.45. The quantitative estimate of drug-likeness (QED) is 0.658. The van der Waals surface area contributed by atoms with Gasteiger partial charge in [-0.15, -0.1) is 0 Å². The van der Waals surface area contributed by atoms with Crippen LogP contribution in [0.25, 0.3) is 0 Å². The number of ketones is 2. The minimum atomic E-state index is -1.40. The standard InChI is InChI=1S/C15H12O3/c16-13(11-7-3-1-4-8-11)15(18)14(17)12-9-5-2-6-10-12/h1-10,13,16H. The Morgan fingerprint density at radius 2 is 1.33 bits per heavy atom. The third-order valence-electron chi connectivity index (χ3n) is 2.62. The number of aliphatic hydroxyl groups is 1. The van der Waals surface area contributed by atoms with Gasteiger partial charge in [-0.05, 0) is 5.56 Å². The summed E-state index contributed by atoms with van der Waals surface area (Å²) < 4.78 is 0. The molecule has 3 heteroatoms. The van der Waals surface area contributed by atoms with Gasteiger partial charge in [0.15, 0.2) is 0 Å². The second-order valence-electron chi connectivity index (χ2n) is 3.87. The molecule has 0 fully saturated rings. The number of benzene rings is 2. The molecule has 0 amide bonds.